The fraction of sp³-hybridized carbons (Fsp3) is 0.333. The highest BCUT2D eigenvalue weighted by atomic mass is 16.5. The number of carbonyl (C=O) groups is 2. The molecule has 0 aromatic heterocycles. The van der Waals surface area contributed by atoms with Gasteiger partial charge in [-0.15, -0.1) is 0 Å². The Morgan fingerprint density at radius 3 is 2.08 bits per heavy atom. The smallest absolute Gasteiger partial charge is 0.414 e. The predicted octanol–water partition coefficient (Wildman–Crippen LogP) is 4.40. The van der Waals surface area contributed by atoms with Gasteiger partial charge in [0.05, 0.1) is 11.8 Å². The van der Waals surface area contributed by atoms with Crippen LogP contribution in [0.3, 0.4) is 0 Å². The number of hydrogen-bond acceptors (Lipinski definition) is 6. The second-order valence-electron chi connectivity index (χ2n) is 9.62. The van der Waals surface area contributed by atoms with Gasteiger partial charge in [-0.05, 0) is 41.2 Å². The molecule has 3 aromatic carbocycles. The Morgan fingerprint density at radius 2 is 1.53 bits per heavy atom. The first-order valence-electron chi connectivity index (χ1n) is 12.6. The lowest BCUT2D eigenvalue weighted by atomic mass is 9.84. The average Bonchev–Trinajstić information content (AvgIpc) is 2.90. The number of carboxylic acid groups (broad SMARTS) is 2. The molecule has 0 spiro atoms. The van der Waals surface area contributed by atoms with E-state index in [1.54, 1.807) is 0 Å². The van der Waals surface area contributed by atoms with Crippen LogP contribution in [-0.4, -0.2) is 46.4 Å². The molecule has 8 heteroatoms. The SMILES string of the molecule is CC(C)N[C@H]1CCc2c(ccc(OCc3ccccc3)c2N(C)Cc2ccccc2)[C@@H]1O.O=C(O)C(=O)O. The minimum Gasteiger partial charge on any atom is -0.487 e. The van der Waals surface area contributed by atoms with E-state index in [0.29, 0.717) is 12.6 Å². The first-order chi connectivity index (χ1) is 18.2. The van der Waals surface area contributed by atoms with Crippen molar-refractivity contribution >= 4 is 17.6 Å². The molecule has 0 saturated heterocycles. The molecule has 0 aliphatic heterocycles. The number of hydrogen-bond donors (Lipinski definition) is 4. The zero-order chi connectivity index (χ0) is 27.7. The largest absolute Gasteiger partial charge is 0.487 e. The molecule has 3 aromatic rings. The number of aliphatic carboxylic acids is 2. The van der Waals surface area contributed by atoms with Crippen molar-refractivity contribution in [2.24, 2.45) is 0 Å². The van der Waals surface area contributed by atoms with Crippen LogP contribution in [0, 0.1) is 0 Å². The summed E-state index contributed by atoms with van der Waals surface area (Å²) in [6.07, 6.45) is 1.29. The number of nitrogens with one attached hydrogen (secondary N) is 1. The highest BCUT2D eigenvalue weighted by Crippen LogP contribution is 2.42. The van der Waals surface area contributed by atoms with Crippen molar-refractivity contribution in [3.05, 3.63) is 95.1 Å². The monoisotopic (exact) mass is 520 g/mol. The Hall–Kier alpha value is -3.88. The Morgan fingerprint density at radius 1 is 0.947 bits per heavy atom. The molecule has 2 atom stereocenters. The number of nitrogens with zero attached hydrogens (tertiary/aromatic N) is 1. The molecule has 0 radical (unpaired) electrons. The Bertz CT molecular complexity index is 1190. The molecular weight excluding hydrogens is 484 g/mol. The predicted molar refractivity (Wildman–Crippen MR) is 146 cm³/mol. The molecule has 0 bridgehead atoms. The molecule has 1 aliphatic carbocycles. The van der Waals surface area contributed by atoms with E-state index >= 15 is 0 Å². The minimum absolute atomic E-state index is 0.0749. The standard InChI is InChI=1S/C28H34N2O2.C2H2O4/c1-20(2)29-25-16-14-23-24(28(25)31)15-17-26(32-19-22-12-8-5-9-13-22)27(23)30(3)18-21-10-6-4-7-11-21;3-1(4)2(5)6/h4-13,15,17,20,25,28-29,31H,14,16,18-19H2,1-3H3;(H,3,4)(H,5,6)/t25-,28-;/m0./s1. The van der Waals surface area contributed by atoms with E-state index in [4.69, 9.17) is 24.5 Å². The zero-order valence-corrected chi connectivity index (χ0v) is 22.0. The van der Waals surface area contributed by atoms with Crippen LogP contribution in [0.4, 0.5) is 5.69 Å². The van der Waals surface area contributed by atoms with Crippen LogP contribution < -0.4 is 15.0 Å². The van der Waals surface area contributed by atoms with Crippen LogP contribution in [0.5, 0.6) is 5.75 Å². The number of rotatable bonds is 8. The maximum Gasteiger partial charge on any atom is 0.414 e. The fourth-order valence-corrected chi connectivity index (χ4v) is 4.65. The first-order valence-corrected chi connectivity index (χ1v) is 12.6. The van der Waals surface area contributed by atoms with Gasteiger partial charge in [0.25, 0.3) is 0 Å². The van der Waals surface area contributed by atoms with Crippen LogP contribution in [-0.2, 0) is 29.2 Å². The number of benzene rings is 3. The highest BCUT2D eigenvalue weighted by molar-refractivity contribution is 6.27. The van der Waals surface area contributed by atoms with Gasteiger partial charge in [-0.1, -0.05) is 80.6 Å². The second-order valence-corrected chi connectivity index (χ2v) is 9.62. The third-order valence-corrected chi connectivity index (χ3v) is 6.30. The van der Waals surface area contributed by atoms with Crippen molar-refractivity contribution in [2.75, 3.05) is 11.9 Å². The number of carboxylic acids is 2. The summed E-state index contributed by atoms with van der Waals surface area (Å²) in [5, 5.41) is 29.5. The maximum atomic E-state index is 11.1. The summed E-state index contributed by atoms with van der Waals surface area (Å²) in [4.78, 5) is 20.5. The van der Waals surface area contributed by atoms with E-state index in [9.17, 15) is 5.11 Å². The number of aliphatic hydroxyl groups is 1. The molecule has 0 amide bonds. The van der Waals surface area contributed by atoms with Crippen molar-refractivity contribution in [1.29, 1.82) is 0 Å². The quantitative estimate of drug-likeness (QED) is 0.323. The second kappa shape index (κ2) is 13.6. The van der Waals surface area contributed by atoms with Crippen LogP contribution in [0.25, 0.3) is 0 Å². The third-order valence-electron chi connectivity index (χ3n) is 6.30. The van der Waals surface area contributed by atoms with E-state index in [2.05, 4.69) is 67.5 Å². The van der Waals surface area contributed by atoms with E-state index in [1.165, 1.54) is 11.1 Å². The number of ether oxygens (including phenoxy) is 1. The molecule has 0 heterocycles. The number of aliphatic hydroxyl groups excluding tert-OH is 1. The zero-order valence-electron chi connectivity index (χ0n) is 22.0. The Labute approximate surface area is 223 Å². The summed E-state index contributed by atoms with van der Waals surface area (Å²) in [7, 11) is 2.11. The van der Waals surface area contributed by atoms with Gasteiger partial charge in [-0.2, -0.15) is 0 Å². The van der Waals surface area contributed by atoms with Gasteiger partial charge in [-0.3, -0.25) is 0 Å². The molecule has 4 N–H and O–H groups in total. The summed E-state index contributed by atoms with van der Waals surface area (Å²) in [5.74, 6) is -2.78. The molecule has 0 unspecified atom stereocenters. The van der Waals surface area contributed by atoms with Crippen molar-refractivity contribution in [1.82, 2.24) is 5.32 Å². The first kappa shape index (κ1) is 28.7. The Kier molecular flexibility index (Phi) is 10.3. The van der Waals surface area contributed by atoms with Crippen molar-refractivity contribution in [3.63, 3.8) is 0 Å². The van der Waals surface area contributed by atoms with Crippen LogP contribution in [0.15, 0.2) is 72.8 Å². The summed E-state index contributed by atoms with van der Waals surface area (Å²) < 4.78 is 6.34. The van der Waals surface area contributed by atoms with Crippen LogP contribution >= 0.6 is 0 Å². The maximum absolute atomic E-state index is 11.1. The van der Waals surface area contributed by atoms with Gasteiger partial charge < -0.3 is 30.3 Å². The van der Waals surface area contributed by atoms with Crippen LogP contribution in [0.1, 0.15) is 48.6 Å². The highest BCUT2D eigenvalue weighted by Gasteiger charge is 2.31. The van der Waals surface area contributed by atoms with Gasteiger partial charge in [0, 0.05) is 25.7 Å². The molecule has 202 valence electrons. The summed E-state index contributed by atoms with van der Waals surface area (Å²) >= 11 is 0. The molecule has 0 fully saturated rings. The summed E-state index contributed by atoms with van der Waals surface area (Å²) in [6.45, 7) is 5.55. The molecule has 4 rings (SSSR count). The van der Waals surface area contributed by atoms with Crippen molar-refractivity contribution in [2.45, 2.75) is 58.0 Å². The normalized spacial score (nSPS) is 16.1. The minimum atomic E-state index is -1.82. The molecule has 0 saturated carbocycles. The molecular formula is C30H36N2O6. The van der Waals surface area contributed by atoms with Crippen LogP contribution in [0.2, 0.25) is 0 Å². The van der Waals surface area contributed by atoms with E-state index in [1.807, 2.05) is 36.4 Å². The van der Waals surface area contributed by atoms with E-state index < -0.39 is 18.0 Å². The van der Waals surface area contributed by atoms with E-state index in [0.717, 1.165) is 42.0 Å². The average molecular weight is 521 g/mol. The molecule has 38 heavy (non-hydrogen) atoms. The van der Waals surface area contributed by atoms with Crippen molar-refractivity contribution < 1.29 is 29.6 Å². The number of fused-ring (bicyclic) bond motifs is 1. The fourth-order valence-electron chi connectivity index (χ4n) is 4.65. The number of anilines is 1. The lowest BCUT2D eigenvalue weighted by Crippen LogP contribution is -2.42. The summed E-state index contributed by atoms with van der Waals surface area (Å²) in [5.41, 5.74) is 5.68. The summed E-state index contributed by atoms with van der Waals surface area (Å²) in [6, 6.07) is 25.2. The van der Waals surface area contributed by atoms with Gasteiger partial charge in [0.1, 0.15) is 12.4 Å². The van der Waals surface area contributed by atoms with E-state index in [-0.39, 0.29) is 6.04 Å². The van der Waals surface area contributed by atoms with Crippen molar-refractivity contribution in [3.8, 4) is 5.75 Å². The third kappa shape index (κ3) is 7.81. The lowest BCUT2D eigenvalue weighted by molar-refractivity contribution is -0.159. The lowest BCUT2D eigenvalue weighted by Gasteiger charge is -2.36. The van der Waals surface area contributed by atoms with Gasteiger partial charge in [0.15, 0.2) is 0 Å². The molecule has 1 aliphatic rings. The molecule has 8 nitrogen and oxygen atoms in total. The van der Waals surface area contributed by atoms with Gasteiger partial charge in [-0.25, -0.2) is 9.59 Å². The van der Waals surface area contributed by atoms with Gasteiger partial charge >= 0.3 is 11.9 Å². The Balaban J connectivity index is 0.000000599. The topological polar surface area (TPSA) is 119 Å². The van der Waals surface area contributed by atoms with Gasteiger partial charge in [0.2, 0.25) is 0 Å².